The molecular formula is C19H22N2. The van der Waals surface area contributed by atoms with Crippen LogP contribution in [0.15, 0.2) is 48.5 Å². The number of nitrogens with zero attached hydrogens (tertiary/aromatic N) is 2. The van der Waals surface area contributed by atoms with Crippen molar-refractivity contribution in [1.29, 1.82) is 5.26 Å². The van der Waals surface area contributed by atoms with Crippen LogP contribution in [-0.2, 0) is 0 Å². The Morgan fingerprint density at radius 2 is 1.52 bits per heavy atom. The fraction of sp³-hybridized carbons (Fsp3) is 0.316. The second-order valence-electron chi connectivity index (χ2n) is 5.19. The molecule has 108 valence electrons. The molecule has 2 nitrogen and oxygen atoms in total. The van der Waals surface area contributed by atoms with Crippen molar-refractivity contribution >= 4 is 5.69 Å². The highest BCUT2D eigenvalue weighted by atomic mass is 15.1. The van der Waals surface area contributed by atoms with Gasteiger partial charge in [-0.3, -0.25) is 0 Å². The van der Waals surface area contributed by atoms with Gasteiger partial charge in [-0.25, -0.2) is 0 Å². The molecule has 0 aliphatic carbocycles. The zero-order chi connectivity index (χ0) is 15.1. The van der Waals surface area contributed by atoms with Crippen molar-refractivity contribution in [2.45, 2.75) is 26.7 Å². The zero-order valence-electron chi connectivity index (χ0n) is 12.8. The highest BCUT2D eigenvalue weighted by Gasteiger charge is 2.07. The third-order valence-corrected chi connectivity index (χ3v) is 3.58. The number of anilines is 1. The molecule has 2 aromatic carbocycles. The fourth-order valence-corrected chi connectivity index (χ4v) is 2.59. The normalized spacial score (nSPS) is 10.1. The lowest BCUT2D eigenvalue weighted by Gasteiger charge is -2.24. The van der Waals surface area contributed by atoms with Crippen LogP contribution in [0.25, 0.3) is 11.1 Å². The molecule has 0 amide bonds. The molecule has 2 rings (SSSR count). The van der Waals surface area contributed by atoms with Crippen molar-refractivity contribution in [1.82, 2.24) is 0 Å². The predicted molar refractivity (Wildman–Crippen MR) is 89.4 cm³/mol. The Balaban J connectivity index is 2.28. The topological polar surface area (TPSA) is 27.0 Å². The molecule has 0 heterocycles. The van der Waals surface area contributed by atoms with E-state index in [4.69, 9.17) is 0 Å². The Morgan fingerprint density at radius 3 is 2.10 bits per heavy atom. The Labute approximate surface area is 127 Å². The molecule has 0 spiro atoms. The first-order valence-electron chi connectivity index (χ1n) is 7.64. The smallest absolute Gasteiger partial charge is 0.0998 e. The first-order valence-corrected chi connectivity index (χ1v) is 7.64. The Bertz CT molecular complexity index is 602. The van der Waals surface area contributed by atoms with E-state index in [1.54, 1.807) is 0 Å². The van der Waals surface area contributed by atoms with Crippen LogP contribution < -0.4 is 4.90 Å². The van der Waals surface area contributed by atoms with E-state index < -0.39 is 0 Å². The lowest BCUT2D eigenvalue weighted by Crippen LogP contribution is -2.24. The van der Waals surface area contributed by atoms with Crippen LogP contribution in [0, 0.1) is 11.3 Å². The van der Waals surface area contributed by atoms with Crippen LogP contribution in [0.1, 0.15) is 32.3 Å². The van der Waals surface area contributed by atoms with Crippen LogP contribution >= 0.6 is 0 Å². The molecule has 0 bridgehead atoms. The molecular weight excluding hydrogens is 256 g/mol. The highest BCUT2D eigenvalue weighted by Crippen LogP contribution is 2.26. The lowest BCUT2D eigenvalue weighted by atomic mass is 10.00. The van der Waals surface area contributed by atoms with Gasteiger partial charge in [0.2, 0.25) is 0 Å². The van der Waals surface area contributed by atoms with Gasteiger partial charge in [0, 0.05) is 18.8 Å². The summed E-state index contributed by atoms with van der Waals surface area (Å²) in [6.45, 7) is 6.59. The van der Waals surface area contributed by atoms with E-state index in [2.05, 4.69) is 49.1 Å². The van der Waals surface area contributed by atoms with Gasteiger partial charge < -0.3 is 4.90 Å². The number of benzene rings is 2. The van der Waals surface area contributed by atoms with Gasteiger partial charge in [-0.05, 0) is 42.2 Å². The minimum Gasteiger partial charge on any atom is -0.372 e. The van der Waals surface area contributed by atoms with E-state index in [0.717, 1.165) is 42.6 Å². The van der Waals surface area contributed by atoms with E-state index in [0.29, 0.717) is 0 Å². The number of rotatable bonds is 6. The minimum atomic E-state index is 0.726. The van der Waals surface area contributed by atoms with Gasteiger partial charge in [-0.1, -0.05) is 44.2 Å². The van der Waals surface area contributed by atoms with Gasteiger partial charge in [0.05, 0.1) is 11.6 Å². The van der Waals surface area contributed by atoms with Crippen molar-refractivity contribution in [3.05, 3.63) is 54.1 Å². The molecule has 0 N–H and O–H groups in total. The first-order chi connectivity index (χ1) is 10.3. The average Bonchev–Trinajstić information content (AvgIpc) is 2.55. The second-order valence-corrected chi connectivity index (χ2v) is 5.19. The third kappa shape index (κ3) is 3.64. The average molecular weight is 278 g/mol. The molecule has 0 aliphatic rings. The molecule has 0 aromatic heterocycles. The molecule has 0 fully saturated rings. The van der Waals surface area contributed by atoms with E-state index in [-0.39, 0.29) is 0 Å². The largest absolute Gasteiger partial charge is 0.372 e. The number of hydrogen-bond acceptors (Lipinski definition) is 2. The van der Waals surface area contributed by atoms with Crippen molar-refractivity contribution < 1.29 is 0 Å². The highest BCUT2D eigenvalue weighted by molar-refractivity contribution is 5.72. The summed E-state index contributed by atoms with van der Waals surface area (Å²) in [6.07, 6.45) is 2.30. The van der Waals surface area contributed by atoms with Crippen LogP contribution in [0.3, 0.4) is 0 Å². The molecule has 0 saturated heterocycles. The van der Waals surface area contributed by atoms with Crippen molar-refractivity contribution in [3.8, 4) is 17.2 Å². The van der Waals surface area contributed by atoms with E-state index in [9.17, 15) is 5.26 Å². The van der Waals surface area contributed by atoms with Gasteiger partial charge in [0.1, 0.15) is 0 Å². The minimum absolute atomic E-state index is 0.726. The molecule has 21 heavy (non-hydrogen) atoms. The molecule has 2 aromatic rings. The van der Waals surface area contributed by atoms with Gasteiger partial charge in [0.15, 0.2) is 0 Å². The van der Waals surface area contributed by atoms with Crippen molar-refractivity contribution in [3.63, 3.8) is 0 Å². The summed E-state index contributed by atoms with van der Waals surface area (Å²) in [6, 6.07) is 18.6. The first kappa shape index (κ1) is 15.1. The zero-order valence-corrected chi connectivity index (χ0v) is 12.8. The maximum atomic E-state index is 9.20. The van der Waals surface area contributed by atoms with E-state index >= 15 is 0 Å². The lowest BCUT2D eigenvalue weighted by molar-refractivity contribution is 0.745. The van der Waals surface area contributed by atoms with Gasteiger partial charge in [0.25, 0.3) is 0 Å². The van der Waals surface area contributed by atoms with Gasteiger partial charge in [-0.2, -0.15) is 5.26 Å². The Morgan fingerprint density at radius 1 is 0.905 bits per heavy atom. The van der Waals surface area contributed by atoms with Crippen molar-refractivity contribution in [2.75, 3.05) is 18.0 Å². The molecule has 0 unspecified atom stereocenters. The second kappa shape index (κ2) is 7.50. The summed E-state index contributed by atoms with van der Waals surface area (Å²) in [7, 11) is 0. The maximum Gasteiger partial charge on any atom is 0.0998 e. The summed E-state index contributed by atoms with van der Waals surface area (Å²) in [4.78, 5) is 2.42. The Hall–Kier alpha value is -2.27. The third-order valence-electron chi connectivity index (χ3n) is 3.58. The molecule has 0 radical (unpaired) electrons. The maximum absolute atomic E-state index is 9.20. The number of nitriles is 1. The Kier molecular flexibility index (Phi) is 5.40. The fourth-order valence-electron chi connectivity index (χ4n) is 2.59. The summed E-state index contributed by atoms with van der Waals surface area (Å²) in [5.74, 6) is 0. The molecule has 0 atom stereocenters. The van der Waals surface area contributed by atoms with Crippen molar-refractivity contribution in [2.24, 2.45) is 0 Å². The quantitative estimate of drug-likeness (QED) is 0.755. The van der Waals surface area contributed by atoms with E-state index in [1.165, 1.54) is 5.69 Å². The van der Waals surface area contributed by atoms with Crippen LogP contribution in [0.2, 0.25) is 0 Å². The van der Waals surface area contributed by atoms with Crippen LogP contribution in [0.4, 0.5) is 5.69 Å². The van der Waals surface area contributed by atoms with E-state index in [1.807, 2.05) is 24.3 Å². The van der Waals surface area contributed by atoms with Gasteiger partial charge >= 0.3 is 0 Å². The van der Waals surface area contributed by atoms with Crippen LogP contribution in [0.5, 0.6) is 0 Å². The number of hydrogen-bond donors (Lipinski definition) is 0. The standard InChI is InChI=1S/C19H22N2/c1-3-13-21(14-4-2)18-11-9-16(10-12-18)19-8-6-5-7-17(19)15-20/h5-12H,3-4,13-14H2,1-2H3. The SMILES string of the molecule is CCCN(CCC)c1ccc(-c2ccccc2C#N)cc1. The van der Waals surface area contributed by atoms with Crippen LogP contribution in [-0.4, -0.2) is 13.1 Å². The summed E-state index contributed by atoms with van der Waals surface area (Å²) >= 11 is 0. The summed E-state index contributed by atoms with van der Waals surface area (Å²) in [5.41, 5.74) is 4.09. The summed E-state index contributed by atoms with van der Waals surface area (Å²) in [5, 5.41) is 9.20. The molecule has 0 saturated carbocycles. The molecule has 0 aliphatic heterocycles. The van der Waals surface area contributed by atoms with Gasteiger partial charge in [-0.15, -0.1) is 0 Å². The molecule has 2 heteroatoms. The summed E-state index contributed by atoms with van der Waals surface area (Å²) < 4.78 is 0. The predicted octanol–water partition coefficient (Wildman–Crippen LogP) is 4.85. The monoisotopic (exact) mass is 278 g/mol.